The Morgan fingerprint density at radius 1 is 0.889 bits per heavy atom. The van der Waals surface area contributed by atoms with Crippen molar-refractivity contribution in [3.8, 4) is 0 Å². The van der Waals surface area contributed by atoms with Crippen molar-refractivity contribution >= 4 is 62.0 Å². The van der Waals surface area contributed by atoms with Gasteiger partial charge in [-0.3, -0.25) is 9.59 Å². The van der Waals surface area contributed by atoms with Crippen LogP contribution in [0.2, 0.25) is 0 Å². The maximum absolute atomic E-state index is 10.6. The van der Waals surface area contributed by atoms with Crippen molar-refractivity contribution in [1.82, 2.24) is 10.6 Å². The molecule has 110 valence electrons. The van der Waals surface area contributed by atoms with Gasteiger partial charge in [-0.25, -0.2) is 0 Å². The normalized spacial score (nSPS) is 12.8. The molecule has 0 aromatic carbocycles. The highest BCUT2D eigenvalue weighted by molar-refractivity contribution is 7.80. The Labute approximate surface area is 129 Å². The summed E-state index contributed by atoms with van der Waals surface area (Å²) in [5.41, 5.74) is 0. The highest BCUT2D eigenvalue weighted by Crippen LogP contribution is 1.89. The summed E-state index contributed by atoms with van der Waals surface area (Å²) in [6, 6.07) is -1.44. The van der Waals surface area contributed by atoms with Gasteiger partial charge in [0.2, 0.25) is 0 Å². The first-order valence-electron chi connectivity index (χ1n) is 4.67. The fourth-order valence-electron chi connectivity index (χ4n) is 0.953. The number of carbonyl (C=O) groups is 2. The standard InChI is InChI=1S/C8H16N2O4S2.2ClH/c11-7(12)5(3-15)9-1-2-10-6(4-16)8(13)14;;/h5-6,9-10,15-16H,1-4H2,(H,11,12)(H,13,14);2*1H/t5-,6-;;/m0../s1. The van der Waals surface area contributed by atoms with Gasteiger partial charge in [0, 0.05) is 24.6 Å². The Morgan fingerprint density at radius 3 is 1.33 bits per heavy atom. The summed E-state index contributed by atoms with van der Waals surface area (Å²) < 4.78 is 0. The molecule has 0 aromatic heterocycles. The maximum Gasteiger partial charge on any atom is 0.321 e. The molecule has 0 spiro atoms. The Morgan fingerprint density at radius 2 is 1.17 bits per heavy atom. The molecule has 0 aliphatic carbocycles. The van der Waals surface area contributed by atoms with Crippen LogP contribution in [-0.2, 0) is 9.59 Å². The quantitative estimate of drug-likeness (QED) is 0.256. The lowest BCUT2D eigenvalue weighted by atomic mass is 10.3. The Kier molecular flexibility index (Phi) is 17.5. The van der Waals surface area contributed by atoms with E-state index in [1.54, 1.807) is 0 Å². The molecule has 0 radical (unpaired) electrons. The van der Waals surface area contributed by atoms with Crippen LogP contribution in [0, 0.1) is 0 Å². The van der Waals surface area contributed by atoms with Gasteiger partial charge in [0.25, 0.3) is 0 Å². The second-order valence-electron chi connectivity index (χ2n) is 3.06. The summed E-state index contributed by atoms with van der Waals surface area (Å²) in [7, 11) is 0. The molecule has 0 heterocycles. The van der Waals surface area contributed by atoms with E-state index in [2.05, 4.69) is 35.9 Å². The van der Waals surface area contributed by atoms with Crippen LogP contribution in [0.3, 0.4) is 0 Å². The van der Waals surface area contributed by atoms with Crippen molar-refractivity contribution in [3.63, 3.8) is 0 Å². The van der Waals surface area contributed by atoms with Gasteiger partial charge in [0.05, 0.1) is 0 Å². The highest BCUT2D eigenvalue weighted by Gasteiger charge is 2.16. The predicted octanol–water partition coefficient (Wildman–Crippen LogP) is -0.225. The monoisotopic (exact) mass is 340 g/mol. The lowest BCUT2D eigenvalue weighted by Crippen LogP contribution is -2.45. The van der Waals surface area contributed by atoms with E-state index in [0.29, 0.717) is 13.1 Å². The minimum absolute atomic E-state index is 0. The molecule has 0 aliphatic rings. The Hall–Kier alpha value is 0.140. The van der Waals surface area contributed by atoms with Crippen LogP contribution in [-0.4, -0.2) is 58.8 Å². The van der Waals surface area contributed by atoms with E-state index in [4.69, 9.17) is 10.2 Å². The van der Waals surface area contributed by atoms with Crippen molar-refractivity contribution in [3.05, 3.63) is 0 Å². The Bertz CT molecular complexity index is 225. The van der Waals surface area contributed by atoms with E-state index >= 15 is 0 Å². The lowest BCUT2D eigenvalue weighted by molar-refractivity contribution is -0.140. The average molecular weight is 341 g/mol. The molecular weight excluding hydrogens is 323 g/mol. The molecule has 6 nitrogen and oxygen atoms in total. The molecule has 0 unspecified atom stereocenters. The number of nitrogens with one attached hydrogen (secondary N) is 2. The molecule has 4 N–H and O–H groups in total. The van der Waals surface area contributed by atoms with E-state index in [-0.39, 0.29) is 36.3 Å². The molecular formula is C8H18Cl2N2O4S2. The molecule has 0 bridgehead atoms. The van der Waals surface area contributed by atoms with Crippen LogP contribution in [0.25, 0.3) is 0 Å². The number of hydrogen-bond donors (Lipinski definition) is 6. The maximum atomic E-state index is 10.6. The summed E-state index contributed by atoms with van der Waals surface area (Å²) in [4.78, 5) is 21.2. The minimum atomic E-state index is -0.973. The molecule has 0 saturated carbocycles. The zero-order valence-electron chi connectivity index (χ0n) is 9.40. The summed E-state index contributed by atoms with van der Waals surface area (Å²) in [6.07, 6.45) is 0. The van der Waals surface area contributed by atoms with Gasteiger partial charge in [-0.15, -0.1) is 24.8 Å². The molecule has 18 heavy (non-hydrogen) atoms. The third-order valence-electron chi connectivity index (χ3n) is 1.87. The van der Waals surface area contributed by atoms with Crippen molar-refractivity contribution in [2.45, 2.75) is 12.1 Å². The van der Waals surface area contributed by atoms with Crippen LogP contribution in [0.1, 0.15) is 0 Å². The fourth-order valence-corrected chi connectivity index (χ4v) is 1.52. The zero-order valence-corrected chi connectivity index (χ0v) is 12.8. The summed E-state index contributed by atoms with van der Waals surface area (Å²) in [5, 5.41) is 22.8. The number of hydrogen-bond acceptors (Lipinski definition) is 6. The van der Waals surface area contributed by atoms with Crippen LogP contribution in [0.4, 0.5) is 0 Å². The van der Waals surface area contributed by atoms with Crippen LogP contribution >= 0.6 is 50.1 Å². The van der Waals surface area contributed by atoms with E-state index in [1.807, 2.05) is 0 Å². The number of aliphatic carboxylic acids is 2. The topological polar surface area (TPSA) is 98.7 Å². The van der Waals surface area contributed by atoms with Gasteiger partial charge in [-0.05, 0) is 0 Å². The first-order valence-corrected chi connectivity index (χ1v) is 5.93. The second kappa shape index (κ2) is 13.6. The van der Waals surface area contributed by atoms with Crippen molar-refractivity contribution in [2.75, 3.05) is 24.6 Å². The molecule has 0 rings (SSSR count). The summed E-state index contributed by atoms with van der Waals surface area (Å²) in [6.45, 7) is 0.712. The minimum Gasteiger partial charge on any atom is -0.480 e. The fraction of sp³-hybridized carbons (Fsp3) is 0.750. The first kappa shape index (κ1) is 23.2. The van der Waals surface area contributed by atoms with Crippen LogP contribution in [0.15, 0.2) is 0 Å². The van der Waals surface area contributed by atoms with Gasteiger partial charge in [-0.2, -0.15) is 25.3 Å². The van der Waals surface area contributed by atoms with Gasteiger partial charge in [0.1, 0.15) is 12.1 Å². The van der Waals surface area contributed by atoms with Gasteiger partial charge >= 0.3 is 11.9 Å². The van der Waals surface area contributed by atoms with E-state index in [0.717, 1.165) is 0 Å². The van der Waals surface area contributed by atoms with Crippen molar-refractivity contribution in [1.29, 1.82) is 0 Å². The van der Waals surface area contributed by atoms with Crippen LogP contribution < -0.4 is 10.6 Å². The number of halogens is 2. The third kappa shape index (κ3) is 10.1. The molecule has 0 aliphatic heterocycles. The zero-order chi connectivity index (χ0) is 12.6. The largest absolute Gasteiger partial charge is 0.480 e. The first-order chi connectivity index (χ1) is 7.52. The van der Waals surface area contributed by atoms with Crippen molar-refractivity contribution < 1.29 is 19.8 Å². The Balaban J connectivity index is -0.00000112. The SMILES string of the molecule is Cl.Cl.O=C(O)[C@H](CS)NCCN[C@@H](CS)C(=O)O. The van der Waals surface area contributed by atoms with E-state index in [9.17, 15) is 9.59 Å². The predicted molar refractivity (Wildman–Crippen MR) is 81.1 cm³/mol. The van der Waals surface area contributed by atoms with Gasteiger partial charge in [0.15, 0.2) is 0 Å². The average Bonchev–Trinajstić information content (AvgIpc) is 2.22. The lowest BCUT2D eigenvalue weighted by Gasteiger charge is -2.14. The molecule has 2 atom stereocenters. The highest BCUT2D eigenvalue weighted by atomic mass is 35.5. The number of thiol groups is 2. The smallest absolute Gasteiger partial charge is 0.321 e. The molecule has 0 amide bonds. The van der Waals surface area contributed by atoms with Crippen molar-refractivity contribution in [2.24, 2.45) is 0 Å². The molecule has 0 aromatic rings. The number of carboxylic acids is 2. The summed E-state index contributed by atoms with van der Waals surface area (Å²) >= 11 is 7.76. The van der Waals surface area contributed by atoms with E-state index < -0.39 is 24.0 Å². The van der Waals surface area contributed by atoms with Crippen LogP contribution in [0.5, 0.6) is 0 Å². The van der Waals surface area contributed by atoms with Gasteiger partial charge < -0.3 is 20.8 Å². The molecule has 0 saturated heterocycles. The summed E-state index contributed by atoms with van der Waals surface area (Å²) in [5.74, 6) is -1.58. The second-order valence-corrected chi connectivity index (χ2v) is 3.79. The van der Waals surface area contributed by atoms with E-state index in [1.165, 1.54) is 0 Å². The number of rotatable bonds is 9. The number of carboxylic acid groups (broad SMARTS) is 2. The third-order valence-corrected chi connectivity index (χ3v) is 2.60. The van der Waals surface area contributed by atoms with Gasteiger partial charge in [-0.1, -0.05) is 0 Å². The molecule has 0 fully saturated rings. The molecule has 10 heteroatoms.